The zero-order valence-electron chi connectivity index (χ0n) is 14.8. The summed E-state index contributed by atoms with van der Waals surface area (Å²) in [4.78, 5) is 10.5. The van der Waals surface area contributed by atoms with Crippen molar-refractivity contribution in [2.24, 2.45) is 0 Å². The molecule has 0 aliphatic carbocycles. The molecule has 1 aromatic carbocycles. The van der Waals surface area contributed by atoms with Gasteiger partial charge >= 0.3 is 6.09 Å². The van der Waals surface area contributed by atoms with E-state index >= 15 is 0 Å². The molecule has 0 heterocycles. The van der Waals surface area contributed by atoms with Crippen LogP contribution in [-0.4, -0.2) is 43.6 Å². The summed E-state index contributed by atoms with van der Waals surface area (Å²) >= 11 is 0. The van der Waals surface area contributed by atoms with Crippen LogP contribution in [0.3, 0.4) is 0 Å². The van der Waals surface area contributed by atoms with Gasteiger partial charge in [-0.15, -0.1) is 0 Å². The molecule has 0 spiro atoms. The lowest BCUT2D eigenvalue weighted by atomic mass is 10.1. The second-order valence-electron chi connectivity index (χ2n) is 5.87. The van der Waals surface area contributed by atoms with Gasteiger partial charge in [-0.3, -0.25) is 4.31 Å². The van der Waals surface area contributed by atoms with Crippen molar-refractivity contribution in [3.8, 4) is 0 Å². The number of amides is 1. The van der Waals surface area contributed by atoms with Gasteiger partial charge < -0.3 is 15.5 Å². The number of anilines is 1. The zero-order valence-corrected chi connectivity index (χ0v) is 15.6. The van der Waals surface area contributed by atoms with E-state index in [-0.39, 0.29) is 18.7 Å². The van der Waals surface area contributed by atoms with E-state index in [1.165, 1.54) is 4.31 Å². The fourth-order valence-corrected chi connectivity index (χ4v) is 4.21. The Morgan fingerprint density at radius 1 is 1.28 bits per heavy atom. The Hall–Kier alpha value is -1.80. The molecule has 8 heteroatoms. The van der Waals surface area contributed by atoms with Gasteiger partial charge in [0.1, 0.15) is 0 Å². The number of hydrogen-bond acceptors (Lipinski definition) is 4. The minimum Gasteiger partial charge on any atom is -0.465 e. The fourth-order valence-electron chi connectivity index (χ4n) is 2.44. The van der Waals surface area contributed by atoms with Crippen LogP contribution in [0.2, 0.25) is 0 Å². The van der Waals surface area contributed by atoms with Gasteiger partial charge in [-0.25, -0.2) is 13.2 Å². The Bertz CT molecular complexity index is 648. The maximum atomic E-state index is 12.6. The molecular formula is C17H28N2O5S. The van der Waals surface area contributed by atoms with E-state index < -0.39 is 22.2 Å². The first-order valence-corrected chi connectivity index (χ1v) is 10.2. The molecule has 1 atom stereocenters. The van der Waals surface area contributed by atoms with Crippen LogP contribution in [-0.2, 0) is 10.0 Å². The topological polar surface area (TPSA) is 107 Å². The maximum Gasteiger partial charge on any atom is 0.404 e. The van der Waals surface area contributed by atoms with Crippen LogP contribution in [0.25, 0.3) is 0 Å². The molecular weight excluding hydrogens is 344 g/mol. The van der Waals surface area contributed by atoms with Crippen LogP contribution in [0, 0.1) is 0 Å². The number of nitrogens with zero attached hydrogens (tertiary/aromatic N) is 1. The predicted octanol–water partition coefficient (Wildman–Crippen LogP) is 2.72. The summed E-state index contributed by atoms with van der Waals surface area (Å²) in [6.45, 7) is 4.36. The fraction of sp³-hybridized carbons (Fsp3) is 0.588. The third kappa shape index (κ3) is 6.91. The third-order valence-corrected chi connectivity index (χ3v) is 5.62. The van der Waals surface area contributed by atoms with Crippen molar-refractivity contribution in [2.45, 2.75) is 45.6 Å². The van der Waals surface area contributed by atoms with E-state index in [2.05, 4.69) is 5.32 Å². The number of unbranched alkanes of at least 4 members (excludes halogenated alkanes) is 1. The summed E-state index contributed by atoms with van der Waals surface area (Å²) in [7, 11) is -3.41. The lowest BCUT2D eigenvalue weighted by Crippen LogP contribution is -2.33. The molecule has 3 N–H and O–H groups in total. The summed E-state index contributed by atoms with van der Waals surface area (Å²) in [5.74, 6) is 0.0960. The van der Waals surface area contributed by atoms with Crippen LogP contribution in [0.1, 0.15) is 51.2 Å². The summed E-state index contributed by atoms with van der Waals surface area (Å²) in [6.07, 6.45) is 0.290. The van der Waals surface area contributed by atoms with Gasteiger partial charge in [-0.05, 0) is 37.0 Å². The lowest BCUT2D eigenvalue weighted by molar-refractivity contribution is 0.162. The number of benzene rings is 1. The van der Waals surface area contributed by atoms with Gasteiger partial charge in [-0.2, -0.15) is 0 Å². The van der Waals surface area contributed by atoms with Crippen molar-refractivity contribution >= 4 is 21.8 Å². The number of rotatable bonds is 11. The Kier molecular flexibility index (Phi) is 8.71. The number of carbonyl (C=O) groups is 1. The minimum absolute atomic E-state index is 0.0960. The maximum absolute atomic E-state index is 12.6. The minimum atomic E-state index is -3.41. The number of nitrogens with one attached hydrogen (secondary N) is 1. The molecule has 7 nitrogen and oxygen atoms in total. The second kappa shape index (κ2) is 10.2. The lowest BCUT2D eigenvalue weighted by Gasteiger charge is -2.25. The molecule has 1 amide bonds. The summed E-state index contributed by atoms with van der Waals surface area (Å²) in [5.41, 5.74) is 1.09. The normalized spacial score (nSPS) is 12.6. The van der Waals surface area contributed by atoms with E-state index in [1.807, 2.05) is 13.8 Å². The number of carboxylic acid groups (broad SMARTS) is 1. The van der Waals surface area contributed by atoms with Gasteiger partial charge in [0, 0.05) is 13.1 Å². The molecule has 0 fully saturated rings. The molecule has 0 radical (unpaired) electrons. The molecule has 1 unspecified atom stereocenters. The number of aliphatic hydroxyl groups is 1. The monoisotopic (exact) mass is 372 g/mol. The number of aliphatic hydroxyl groups excluding tert-OH is 1. The van der Waals surface area contributed by atoms with Crippen LogP contribution in [0.4, 0.5) is 10.5 Å². The smallest absolute Gasteiger partial charge is 0.404 e. The molecule has 0 bridgehead atoms. The van der Waals surface area contributed by atoms with E-state index in [0.717, 1.165) is 6.42 Å². The molecule has 0 saturated heterocycles. The predicted molar refractivity (Wildman–Crippen MR) is 98.4 cm³/mol. The summed E-state index contributed by atoms with van der Waals surface area (Å²) in [5, 5.41) is 21.0. The summed E-state index contributed by atoms with van der Waals surface area (Å²) < 4.78 is 26.6. The van der Waals surface area contributed by atoms with Crippen molar-refractivity contribution in [3.05, 3.63) is 29.8 Å². The first-order valence-electron chi connectivity index (χ1n) is 8.57. The Morgan fingerprint density at radius 2 is 2.00 bits per heavy atom. The summed E-state index contributed by atoms with van der Waals surface area (Å²) in [6, 6.07) is 6.78. The van der Waals surface area contributed by atoms with E-state index in [9.17, 15) is 18.3 Å². The van der Waals surface area contributed by atoms with Gasteiger partial charge in [0.05, 0.1) is 17.5 Å². The highest BCUT2D eigenvalue weighted by atomic mass is 32.2. The van der Waals surface area contributed by atoms with Crippen molar-refractivity contribution in [1.29, 1.82) is 0 Å². The third-order valence-electron chi connectivity index (χ3n) is 3.76. The highest BCUT2D eigenvalue weighted by Gasteiger charge is 2.22. The van der Waals surface area contributed by atoms with Crippen LogP contribution in [0.15, 0.2) is 24.3 Å². The molecule has 0 saturated carbocycles. The molecule has 142 valence electrons. The molecule has 1 aromatic rings. The van der Waals surface area contributed by atoms with E-state index in [1.54, 1.807) is 24.3 Å². The second-order valence-corrected chi connectivity index (χ2v) is 7.89. The van der Waals surface area contributed by atoms with Gasteiger partial charge in [-0.1, -0.05) is 32.4 Å². The first kappa shape index (κ1) is 21.2. The molecule has 1 rings (SSSR count). The SMILES string of the molecule is CCCCS(=O)(=O)N(CCC)c1cccc(C(O)CCNC(=O)O)c1. The Labute approximate surface area is 149 Å². The van der Waals surface area contributed by atoms with E-state index in [4.69, 9.17) is 5.11 Å². The highest BCUT2D eigenvalue weighted by molar-refractivity contribution is 7.92. The molecule has 25 heavy (non-hydrogen) atoms. The standard InChI is InChI=1S/C17H28N2O5S/c1-3-5-12-25(23,24)19(11-4-2)15-8-6-7-14(13-15)16(20)9-10-18-17(21)22/h6-8,13,16,18,20H,3-5,9-12H2,1-2H3,(H,21,22). The number of hydrogen-bond donors (Lipinski definition) is 3. The molecule has 0 aliphatic heterocycles. The average Bonchev–Trinajstić information content (AvgIpc) is 2.57. The van der Waals surface area contributed by atoms with Crippen LogP contribution < -0.4 is 9.62 Å². The van der Waals surface area contributed by atoms with Crippen molar-refractivity contribution in [2.75, 3.05) is 23.1 Å². The van der Waals surface area contributed by atoms with Gasteiger partial charge in [0.2, 0.25) is 10.0 Å². The first-order chi connectivity index (χ1) is 11.8. The van der Waals surface area contributed by atoms with Gasteiger partial charge in [0.15, 0.2) is 0 Å². The number of sulfonamides is 1. The largest absolute Gasteiger partial charge is 0.465 e. The molecule has 0 aromatic heterocycles. The van der Waals surface area contributed by atoms with Gasteiger partial charge in [0.25, 0.3) is 0 Å². The highest BCUT2D eigenvalue weighted by Crippen LogP contribution is 2.25. The van der Waals surface area contributed by atoms with Crippen molar-refractivity contribution in [1.82, 2.24) is 5.32 Å². The Balaban J connectivity index is 2.96. The van der Waals surface area contributed by atoms with Crippen molar-refractivity contribution in [3.63, 3.8) is 0 Å². The van der Waals surface area contributed by atoms with E-state index in [0.29, 0.717) is 30.6 Å². The average molecular weight is 372 g/mol. The van der Waals surface area contributed by atoms with Crippen LogP contribution >= 0.6 is 0 Å². The quantitative estimate of drug-likeness (QED) is 0.554. The molecule has 0 aliphatic rings. The van der Waals surface area contributed by atoms with Crippen LogP contribution in [0.5, 0.6) is 0 Å². The zero-order chi connectivity index (χ0) is 18.9. The van der Waals surface area contributed by atoms with Crippen molar-refractivity contribution < 1.29 is 23.4 Å². The Morgan fingerprint density at radius 3 is 2.60 bits per heavy atom.